The molecule has 1 unspecified atom stereocenters. The number of benzene rings is 3. The molecule has 17 heteroatoms. The SMILES string of the molecule is CC(C)(C)OC(=O)N1CCCC1c1nc2cc(-c3c(O)c(O)c(-c4ccc5nc([C@@H]6CCCN6C(=O)OC(C)(C)C)n(COCC[Si](C)(C)C)c5c4)n3-c3ccc(C(C)(C)C)cc3)ccc2n1COCC[Si](C)(C)C. The Bertz CT molecular complexity index is 3030. The Hall–Kier alpha value is -5.63. The number of nitrogens with zero attached hydrogens (tertiary/aromatic N) is 7. The van der Waals surface area contributed by atoms with Gasteiger partial charge in [-0.25, -0.2) is 19.6 Å². The van der Waals surface area contributed by atoms with Crippen molar-refractivity contribution >= 4 is 50.4 Å². The number of fused-ring (bicyclic) bond motifs is 2. The third-order valence-electron chi connectivity index (χ3n) is 14.0. The second kappa shape index (κ2) is 21.1. The monoisotopic (exact) mass is 1060 g/mol. The fraction of sp³-hybridized carbons (Fsp3) is 0.552. The lowest BCUT2D eigenvalue weighted by atomic mass is 9.87. The lowest BCUT2D eigenvalue weighted by molar-refractivity contribution is 0.0196. The molecule has 2 saturated heterocycles. The Morgan fingerprint density at radius 3 is 1.52 bits per heavy atom. The van der Waals surface area contributed by atoms with E-state index in [1.54, 1.807) is 9.80 Å². The Labute approximate surface area is 446 Å². The summed E-state index contributed by atoms with van der Waals surface area (Å²) in [4.78, 5) is 41.4. The van der Waals surface area contributed by atoms with Gasteiger partial charge < -0.3 is 42.9 Å². The van der Waals surface area contributed by atoms with Crippen LogP contribution in [0.3, 0.4) is 0 Å². The number of rotatable bonds is 15. The highest BCUT2D eigenvalue weighted by Crippen LogP contribution is 2.50. The van der Waals surface area contributed by atoms with Crippen molar-refractivity contribution < 1.29 is 38.7 Å². The van der Waals surface area contributed by atoms with Crippen molar-refractivity contribution in [3.05, 3.63) is 77.9 Å². The van der Waals surface area contributed by atoms with Gasteiger partial charge in [-0.2, -0.15) is 0 Å². The second-order valence-corrected chi connectivity index (χ2v) is 37.3. The molecule has 15 nitrogen and oxygen atoms in total. The molecular formula is C58H83N7O8Si2. The van der Waals surface area contributed by atoms with Crippen LogP contribution in [0, 0.1) is 0 Å². The Morgan fingerprint density at radius 2 is 1.05 bits per heavy atom. The fourth-order valence-corrected chi connectivity index (χ4v) is 11.5. The molecule has 0 bridgehead atoms. The van der Waals surface area contributed by atoms with Crippen molar-refractivity contribution in [1.29, 1.82) is 0 Å². The number of amides is 2. The van der Waals surface area contributed by atoms with Crippen LogP contribution in [0.5, 0.6) is 11.5 Å². The number of aromatic hydroxyl groups is 2. The van der Waals surface area contributed by atoms with Crippen LogP contribution in [0.2, 0.25) is 51.4 Å². The van der Waals surface area contributed by atoms with Gasteiger partial charge in [0.1, 0.15) is 36.3 Å². The third kappa shape index (κ3) is 12.6. The average Bonchev–Trinajstić information content (AvgIpc) is 4.14. The number of hydrogen-bond donors (Lipinski definition) is 2. The van der Waals surface area contributed by atoms with Gasteiger partial charge in [-0.1, -0.05) is 84.3 Å². The lowest BCUT2D eigenvalue weighted by Gasteiger charge is -2.28. The maximum atomic E-state index is 13.7. The first kappa shape index (κ1) is 55.6. The number of likely N-dealkylation sites (tertiary alicyclic amines) is 2. The van der Waals surface area contributed by atoms with E-state index in [0.717, 1.165) is 47.2 Å². The largest absolute Gasteiger partial charge is 0.503 e. The molecule has 6 aromatic rings. The Balaban J connectivity index is 1.28. The molecule has 406 valence electrons. The zero-order valence-electron chi connectivity index (χ0n) is 47.4. The van der Waals surface area contributed by atoms with Gasteiger partial charge in [0.25, 0.3) is 0 Å². The van der Waals surface area contributed by atoms with E-state index in [4.69, 9.17) is 28.9 Å². The van der Waals surface area contributed by atoms with Crippen LogP contribution >= 0.6 is 0 Å². The third-order valence-corrected chi connectivity index (χ3v) is 17.4. The summed E-state index contributed by atoms with van der Waals surface area (Å²) < 4.78 is 30.7. The van der Waals surface area contributed by atoms with Crippen LogP contribution in [0.4, 0.5) is 9.59 Å². The van der Waals surface area contributed by atoms with Gasteiger partial charge in [0.05, 0.1) is 45.5 Å². The zero-order chi connectivity index (χ0) is 54.6. The van der Waals surface area contributed by atoms with E-state index in [9.17, 15) is 19.8 Å². The predicted octanol–water partition coefficient (Wildman–Crippen LogP) is 14.0. The van der Waals surface area contributed by atoms with E-state index in [1.165, 1.54) is 0 Å². The van der Waals surface area contributed by atoms with E-state index >= 15 is 0 Å². The van der Waals surface area contributed by atoms with Crippen molar-refractivity contribution in [3.8, 4) is 39.7 Å². The smallest absolute Gasteiger partial charge is 0.410 e. The van der Waals surface area contributed by atoms with Crippen LogP contribution in [0.25, 0.3) is 50.3 Å². The van der Waals surface area contributed by atoms with Crippen molar-refractivity contribution in [3.63, 3.8) is 0 Å². The predicted molar refractivity (Wildman–Crippen MR) is 303 cm³/mol. The molecule has 2 atom stereocenters. The van der Waals surface area contributed by atoms with E-state index in [1.807, 2.05) is 94.6 Å². The Morgan fingerprint density at radius 1 is 0.600 bits per heavy atom. The van der Waals surface area contributed by atoms with Gasteiger partial charge in [0.2, 0.25) is 0 Å². The van der Waals surface area contributed by atoms with Gasteiger partial charge in [0.15, 0.2) is 11.5 Å². The van der Waals surface area contributed by atoms with Crippen molar-refractivity contribution in [2.45, 2.75) is 182 Å². The standard InChI is InChI=1S/C58H83N7O8Si2/c1-56(2,3)40-22-24-41(25-23-40)65-48(38-21-27-44-43(34-38)60-53(63(44)36-70-30-32-74(10,11)12)46-19-17-29-62(46)55(69)73-58(7,8)9)50(66)51(67)49(65)39-20-26-42-47(35-39)64(37-71-31-33-75(13,14)15)52(59-42)45-18-16-28-61(45)54(68)72-57(4,5)6/h20-27,34-35,45-46,66-67H,16-19,28-33,36-37H2,1-15H3/t45-,46?/m0/s1. The molecule has 0 saturated carbocycles. The van der Waals surface area contributed by atoms with E-state index < -0.39 is 27.3 Å². The van der Waals surface area contributed by atoms with Crippen molar-refractivity contribution in [2.24, 2.45) is 0 Å². The van der Waals surface area contributed by atoms with Crippen LogP contribution in [-0.2, 0) is 37.8 Å². The zero-order valence-corrected chi connectivity index (χ0v) is 49.4. The molecule has 2 N–H and O–H groups in total. The molecule has 5 heterocycles. The molecule has 3 aromatic heterocycles. The molecule has 3 aromatic carbocycles. The van der Waals surface area contributed by atoms with Crippen LogP contribution in [-0.4, -0.2) is 110 Å². The Kier molecular flexibility index (Phi) is 15.6. The minimum Gasteiger partial charge on any atom is -0.503 e. The highest BCUT2D eigenvalue weighted by Gasteiger charge is 2.39. The first-order chi connectivity index (χ1) is 35.0. The molecule has 2 amide bonds. The van der Waals surface area contributed by atoms with E-state index in [2.05, 4.69) is 81.3 Å². The molecule has 0 radical (unpaired) electrons. The second-order valence-electron chi connectivity index (χ2n) is 26.1. The number of imidazole rings is 2. The summed E-state index contributed by atoms with van der Waals surface area (Å²) in [6, 6.07) is 21.3. The highest BCUT2D eigenvalue weighted by atomic mass is 28.3. The number of carbonyl (C=O) groups is 2. The lowest BCUT2D eigenvalue weighted by Crippen LogP contribution is -2.37. The first-order valence-electron chi connectivity index (χ1n) is 26.9. The number of ether oxygens (including phenoxy) is 4. The number of aromatic nitrogens is 5. The van der Waals surface area contributed by atoms with Gasteiger partial charge in [-0.05, 0) is 127 Å². The fourth-order valence-electron chi connectivity index (χ4n) is 10.0. The normalized spacial score (nSPS) is 17.0. The minimum atomic E-state index is -1.42. The molecule has 2 aliphatic heterocycles. The van der Waals surface area contributed by atoms with Gasteiger partial charge in [-0.3, -0.25) is 9.80 Å². The topological polar surface area (TPSA) is 159 Å². The summed E-state index contributed by atoms with van der Waals surface area (Å²) >= 11 is 0. The summed E-state index contributed by atoms with van der Waals surface area (Å²) in [5.41, 5.74) is 5.41. The summed E-state index contributed by atoms with van der Waals surface area (Å²) in [6.45, 7) is 34.5. The maximum Gasteiger partial charge on any atom is 0.410 e. The van der Waals surface area contributed by atoms with Gasteiger partial charge in [0, 0.05) is 59.3 Å². The molecular weight excluding hydrogens is 979 g/mol. The van der Waals surface area contributed by atoms with Crippen LogP contribution < -0.4 is 0 Å². The maximum absolute atomic E-state index is 13.7. The quantitative estimate of drug-likeness (QED) is 0.0749. The molecule has 2 aliphatic rings. The van der Waals surface area contributed by atoms with Gasteiger partial charge in [-0.15, -0.1) is 0 Å². The summed E-state index contributed by atoms with van der Waals surface area (Å²) in [6.07, 6.45) is 2.29. The number of hydrogen-bond acceptors (Lipinski definition) is 10. The molecule has 8 rings (SSSR count). The summed E-state index contributed by atoms with van der Waals surface area (Å²) in [5, 5.41) is 24.8. The van der Waals surface area contributed by atoms with E-state index in [-0.39, 0.29) is 54.6 Å². The van der Waals surface area contributed by atoms with Crippen LogP contribution in [0.15, 0.2) is 60.7 Å². The average molecular weight is 1060 g/mol. The molecule has 0 spiro atoms. The summed E-state index contributed by atoms with van der Waals surface area (Å²) in [5.74, 6) is 0.850. The highest BCUT2D eigenvalue weighted by molar-refractivity contribution is 6.76. The van der Waals surface area contributed by atoms with Gasteiger partial charge >= 0.3 is 12.2 Å². The van der Waals surface area contributed by atoms with Crippen molar-refractivity contribution in [2.75, 3.05) is 26.3 Å². The number of carbonyl (C=O) groups excluding carboxylic acids is 2. The minimum absolute atomic E-state index is 0.125. The van der Waals surface area contributed by atoms with Crippen molar-refractivity contribution in [1.82, 2.24) is 33.5 Å². The molecule has 0 aliphatic carbocycles. The first-order valence-corrected chi connectivity index (χ1v) is 34.3. The van der Waals surface area contributed by atoms with Crippen LogP contribution in [0.1, 0.15) is 117 Å². The summed E-state index contributed by atoms with van der Waals surface area (Å²) in [7, 11) is -2.80. The molecule has 2 fully saturated rings. The van der Waals surface area contributed by atoms with E-state index in [0.29, 0.717) is 84.3 Å². The molecule has 75 heavy (non-hydrogen) atoms.